The van der Waals surface area contributed by atoms with E-state index in [0.29, 0.717) is 0 Å². The first-order valence-corrected chi connectivity index (χ1v) is 17.1. The minimum atomic E-state index is -0.0162. The molecule has 0 saturated carbocycles. The van der Waals surface area contributed by atoms with Gasteiger partial charge < -0.3 is 4.40 Å². The number of aromatic nitrogens is 3. The number of para-hydroxylation sites is 2. The summed E-state index contributed by atoms with van der Waals surface area (Å²) in [5, 5.41) is 7.46. The molecule has 3 nitrogen and oxygen atoms in total. The predicted octanol–water partition coefficient (Wildman–Crippen LogP) is 11.9. The number of benzene rings is 6. The van der Waals surface area contributed by atoms with E-state index in [2.05, 4.69) is 168 Å². The molecule has 1 aliphatic rings. The van der Waals surface area contributed by atoms with Crippen molar-refractivity contribution in [2.75, 3.05) is 0 Å². The van der Waals surface area contributed by atoms with Gasteiger partial charge >= 0.3 is 0 Å². The predicted molar refractivity (Wildman–Crippen MR) is 205 cm³/mol. The maximum atomic E-state index is 5.08. The van der Waals surface area contributed by atoms with Gasteiger partial charge in [0.25, 0.3) is 0 Å². The first kappa shape index (κ1) is 26.8. The summed E-state index contributed by atoms with van der Waals surface area (Å²) in [7, 11) is 0. The Morgan fingerprint density at radius 1 is 0.469 bits per heavy atom. The third-order valence-corrected chi connectivity index (χ3v) is 11.1. The van der Waals surface area contributed by atoms with Crippen molar-refractivity contribution in [3.63, 3.8) is 0 Å². The lowest BCUT2D eigenvalue weighted by molar-refractivity contribution is 0.660. The monoisotopic (exact) mass is 625 g/mol. The summed E-state index contributed by atoms with van der Waals surface area (Å²) in [6.45, 7) is 4.67. The third-order valence-electron chi connectivity index (χ3n) is 11.1. The van der Waals surface area contributed by atoms with Crippen molar-refractivity contribution < 1.29 is 0 Å². The van der Waals surface area contributed by atoms with E-state index in [9.17, 15) is 0 Å². The van der Waals surface area contributed by atoms with Gasteiger partial charge in [0, 0.05) is 38.5 Å². The van der Waals surface area contributed by atoms with E-state index < -0.39 is 0 Å². The van der Waals surface area contributed by atoms with E-state index in [1.807, 2.05) is 6.20 Å². The standard InChI is InChI=1S/C46H31N3/c1-46(2)38-16-8-5-12-32(38)37-25-28(20-22-39(37)46)29-23-24-47-43(27-29)49-41-18-10-7-15-35(41)36-21-19-30-26-42-34-14-4-3-11-31(34)33-13-6-9-17-40(33)48(42)44(30)45(36)49/h3-27H,1-2H3. The van der Waals surface area contributed by atoms with Crippen molar-refractivity contribution in [3.05, 3.63) is 163 Å². The van der Waals surface area contributed by atoms with E-state index in [1.54, 1.807) is 0 Å². The Morgan fingerprint density at radius 2 is 1.12 bits per heavy atom. The molecule has 1 aliphatic carbocycles. The largest absolute Gasteiger partial charge is 0.307 e. The van der Waals surface area contributed by atoms with E-state index in [1.165, 1.54) is 82.2 Å². The lowest BCUT2D eigenvalue weighted by atomic mass is 9.82. The van der Waals surface area contributed by atoms with Gasteiger partial charge in [-0.25, -0.2) is 4.98 Å². The second kappa shape index (κ2) is 9.46. The van der Waals surface area contributed by atoms with Gasteiger partial charge in [-0.1, -0.05) is 123 Å². The van der Waals surface area contributed by atoms with Crippen molar-refractivity contribution in [3.8, 4) is 28.1 Å². The Labute approximate surface area is 283 Å². The fourth-order valence-corrected chi connectivity index (χ4v) is 8.88. The molecule has 230 valence electrons. The Balaban J connectivity index is 1.22. The Kier molecular flexibility index (Phi) is 5.18. The molecular formula is C46H31N3. The van der Waals surface area contributed by atoms with Crippen LogP contribution in [0.1, 0.15) is 25.0 Å². The van der Waals surface area contributed by atoms with Crippen LogP contribution in [0.4, 0.5) is 0 Å². The Hall–Kier alpha value is -6.19. The molecule has 0 aliphatic heterocycles. The highest BCUT2D eigenvalue weighted by Crippen LogP contribution is 2.49. The first-order chi connectivity index (χ1) is 24.1. The van der Waals surface area contributed by atoms with Crippen LogP contribution < -0.4 is 0 Å². The zero-order valence-corrected chi connectivity index (χ0v) is 27.3. The molecule has 6 aromatic carbocycles. The third kappa shape index (κ3) is 3.49. The number of pyridine rings is 2. The SMILES string of the molecule is CC1(C)c2ccccc2-c2cc(-c3ccnc(-n4c5ccccc5c5ccc6cc7c8ccccc8c8ccccc8n7c6c54)c3)ccc21. The van der Waals surface area contributed by atoms with Gasteiger partial charge in [-0.15, -0.1) is 0 Å². The molecule has 0 radical (unpaired) electrons. The van der Waals surface area contributed by atoms with E-state index in [0.717, 1.165) is 16.9 Å². The second-order valence-electron chi connectivity index (χ2n) is 14.0. The average Bonchev–Trinajstić information content (AvgIpc) is 3.78. The molecule has 0 atom stereocenters. The minimum Gasteiger partial charge on any atom is -0.307 e. The number of hydrogen-bond donors (Lipinski definition) is 0. The fourth-order valence-electron chi connectivity index (χ4n) is 8.88. The summed E-state index contributed by atoms with van der Waals surface area (Å²) in [5.41, 5.74) is 13.7. The smallest absolute Gasteiger partial charge is 0.138 e. The summed E-state index contributed by atoms with van der Waals surface area (Å²) in [5.74, 6) is 0.914. The van der Waals surface area contributed by atoms with Crippen LogP contribution in [-0.4, -0.2) is 14.0 Å². The number of nitrogens with zero attached hydrogens (tertiary/aromatic N) is 3. The van der Waals surface area contributed by atoms with Crippen LogP contribution in [0.2, 0.25) is 0 Å². The zero-order valence-electron chi connectivity index (χ0n) is 27.3. The summed E-state index contributed by atoms with van der Waals surface area (Å²) in [6.07, 6.45) is 1.97. The van der Waals surface area contributed by atoms with E-state index in [-0.39, 0.29) is 5.41 Å². The molecule has 0 unspecified atom stereocenters. The maximum absolute atomic E-state index is 5.08. The normalized spacial score (nSPS) is 13.7. The minimum absolute atomic E-state index is 0.0162. The zero-order chi connectivity index (χ0) is 32.4. The molecule has 3 heteroatoms. The molecule has 0 fully saturated rings. The van der Waals surface area contributed by atoms with Crippen molar-refractivity contribution in [2.45, 2.75) is 19.3 Å². The van der Waals surface area contributed by atoms with Crippen LogP contribution in [0.25, 0.3) is 88.0 Å². The van der Waals surface area contributed by atoms with Crippen LogP contribution in [0, 0.1) is 0 Å². The van der Waals surface area contributed by atoms with Gasteiger partial charge in [0.1, 0.15) is 5.82 Å². The van der Waals surface area contributed by atoms with Gasteiger partial charge in [-0.3, -0.25) is 4.57 Å². The molecule has 0 amide bonds. The first-order valence-electron chi connectivity index (χ1n) is 17.1. The number of rotatable bonds is 2. The molecule has 10 aromatic rings. The average molecular weight is 626 g/mol. The van der Waals surface area contributed by atoms with Crippen molar-refractivity contribution in [1.29, 1.82) is 0 Å². The summed E-state index contributed by atoms with van der Waals surface area (Å²) < 4.78 is 4.87. The highest BCUT2D eigenvalue weighted by Gasteiger charge is 2.35. The highest BCUT2D eigenvalue weighted by atomic mass is 15.1. The Morgan fingerprint density at radius 3 is 1.96 bits per heavy atom. The molecule has 4 aromatic heterocycles. The van der Waals surface area contributed by atoms with Gasteiger partial charge in [-0.2, -0.15) is 0 Å². The summed E-state index contributed by atoms with van der Waals surface area (Å²) >= 11 is 0. The Bertz CT molecular complexity index is 3030. The molecule has 0 spiro atoms. The van der Waals surface area contributed by atoms with Crippen molar-refractivity contribution in [1.82, 2.24) is 14.0 Å². The highest BCUT2D eigenvalue weighted by molar-refractivity contribution is 6.22. The van der Waals surface area contributed by atoms with Crippen molar-refractivity contribution in [2.24, 2.45) is 0 Å². The molecule has 49 heavy (non-hydrogen) atoms. The summed E-state index contributed by atoms with van der Waals surface area (Å²) in [6, 6.07) is 53.6. The molecule has 0 N–H and O–H groups in total. The summed E-state index contributed by atoms with van der Waals surface area (Å²) in [4.78, 5) is 5.08. The van der Waals surface area contributed by atoms with Gasteiger partial charge in [0.2, 0.25) is 0 Å². The lowest BCUT2D eigenvalue weighted by Gasteiger charge is -2.21. The van der Waals surface area contributed by atoms with Crippen LogP contribution in [0.3, 0.4) is 0 Å². The topological polar surface area (TPSA) is 22.2 Å². The molecule has 4 heterocycles. The van der Waals surface area contributed by atoms with Gasteiger partial charge in [0.05, 0.1) is 27.6 Å². The second-order valence-corrected chi connectivity index (χ2v) is 14.0. The van der Waals surface area contributed by atoms with E-state index in [4.69, 9.17) is 4.98 Å². The van der Waals surface area contributed by atoms with E-state index >= 15 is 0 Å². The molecule has 0 bridgehead atoms. The maximum Gasteiger partial charge on any atom is 0.138 e. The lowest BCUT2D eigenvalue weighted by Crippen LogP contribution is -2.14. The number of hydrogen-bond acceptors (Lipinski definition) is 1. The molecule has 11 rings (SSSR count). The van der Waals surface area contributed by atoms with Crippen LogP contribution in [-0.2, 0) is 5.41 Å². The van der Waals surface area contributed by atoms with Crippen LogP contribution >= 0.6 is 0 Å². The fraction of sp³-hybridized carbons (Fsp3) is 0.0652. The molecular weight excluding hydrogens is 595 g/mol. The van der Waals surface area contributed by atoms with Crippen LogP contribution in [0.15, 0.2) is 152 Å². The quantitative estimate of drug-likeness (QED) is 0.175. The van der Waals surface area contributed by atoms with Gasteiger partial charge in [0.15, 0.2) is 0 Å². The van der Waals surface area contributed by atoms with Crippen LogP contribution in [0.5, 0.6) is 0 Å². The molecule has 0 saturated heterocycles. The van der Waals surface area contributed by atoms with Gasteiger partial charge in [-0.05, 0) is 75.2 Å². The van der Waals surface area contributed by atoms with Crippen molar-refractivity contribution >= 4 is 59.9 Å². The number of fused-ring (bicyclic) bond motifs is 15.